The second kappa shape index (κ2) is 9.88. The first-order chi connectivity index (χ1) is 12.8. The fourth-order valence-electron chi connectivity index (χ4n) is 2.10. The average molecular weight is 589 g/mol. The van der Waals surface area contributed by atoms with Gasteiger partial charge in [-0.3, -0.25) is 4.79 Å². The molecular formula is C20H17I2NO4. The number of benzene rings is 2. The van der Waals surface area contributed by atoms with Crippen LogP contribution in [-0.4, -0.2) is 23.6 Å². The van der Waals surface area contributed by atoms with Crippen LogP contribution in [-0.2, 0) is 4.79 Å². The molecule has 0 fully saturated rings. The van der Waals surface area contributed by atoms with E-state index in [0.29, 0.717) is 17.7 Å². The topological polar surface area (TPSA) is 75.6 Å². The van der Waals surface area contributed by atoms with Gasteiger partial charge in [0.25, 0.3) is 5.91 Å². The van der Waals surface area contributed by atoms with Gasteiger partial charge in [0.15, 0.2) is 0 Å². The Morgan fingerprint density at radius 3 is 2.30 bits per heavy atom. The molecule has 5 nitrogen and oxygen atoms in total. The van der Waals surface area contributed by atoms with Crippen molar-refractivity contribution in [2.24, 2.45) is 0 Å². The third-order valence-corrected chi connectivity index (χ3v) is 4.91. The predicted octanol–water partition coefficient (Wildman–Crippen LogP) is 4.71. The molecule has 7 heteroatoms. The van der Waals surface area contributed by atoms with Crippen molar-refractivity contribution in [3.63, 3.8) is 0 Å². The Morgan fingerprint density at radius 2 is 1.78 bits per heavy atom. The summed E-state index contributed by atoms with van der Waals surface area (Å²) < 4.78 is 7.42. The minimum Gasteiger partial charge on any atom is -0.487 e. The van der Waals surface area contributed by atoms with Crippen molar-refractivity contribution in [1.29, 1.82) is 0 Å². The number of rotatable bonds is 7. The van der Waals surface area contributed by atoms with E-state index in [-0.39, 0.29) is 5.70 Å². The maximum Gasteiger partial charge on any atom is 0.352 e. The zero-order chi connectivity index (χ0) is 20.0. The Bertz CT molecular complexity index is 884. The van der Waals surface area contributed by atoms with E-state index in [1.54, 1.807) is 42.5 Å². The van der Waals surface area contributed by atoms with Crippen molar-refractivity contribution in [2.75, 3.05) is 6.61 Å². The summed E-state index contributed by atoms with van der Waals surface area (Å²) in [5.74, 6) is -0.969. The Kier molecular flexibility index (Phi) is 7.84. The van der Waals surface area contributed by atoms with E-state index in [9.17, 15) is 14.7 Å². The highest BCUT2D eigenvalue weighted by Gasteiger charge is 2.15. The summed E-state index contributed by atoms with van der Waals surface area (Å²) in [6.45, 7) is 6.11. The van der Waals surface area contributed by atoms with Gasteiger partial charge in [-0.2, -0.15) is 0 Å². The average Bonchev–Trinajstić information content (AvgIpc) is 2.60. The minimum absolute atomic E-state index is 0.203. The number of carboxylic acids is 1. The highest BCUT2D eigenvalue weighted by Crippen LogP contribution is 2.30. The van der Waals surface area contributed by atoms with Crippen molar-refractivity contribution in [3.05, 3.63) is 78.6 Å². The first-order valence-electron chi connectivity index (χ1n) is 7.85. The summed E-state index contributed by atoms with van der Waals surface area (Å²) >= 11 is 4.27. The lowest BCUT2D eigenvalue weighted by Crippen LogP contribution is -2.27. The summed E-state index contributed by atoms with van der Waals surface area (Å²) in [5, 5.41) is 11.9. The summed E-state index contributed by atoms with van der Waals surface area (Å²) in [5.41, 5.74) is 1.74. The normalized spacial score (nSPS) is 11.0. The Labute approximate surface area is 184 Å². The number of hydrogen-bond donors (Lipinski definition) is 2. The molecule has 0 bridgehead atoms. The molecule has 0 aliphatic carbocycles. The third-order valence-electron chi connectivity index (χ3n) is 3.31. The number of halogens is 2. The molecule has 0 radical (unpaired) electrons. The molecule has 0 aromatic heterocycles. The van der Waals surface area contributed by atoms with Crippen molar-refractivity contribution < 1.29 is 19.4 Å². The molecule has 0 unspecified atom stereocenters. The second-order valence-electron chi connectivity index (χ2n) is 5.74. The Morgan fingerprint density at radius 1 is 1.19 bits per heavy atom. The fourth-order valence-corrected chi connectivity index (χ4v) is 4.23. The summed E-state index contributed by atoms with van der Waals surface area (Å²) in [7, 11) is 0. The smallest absolute Gasteiger partial charge is 0.352 e. The van der Waals surface area contributed by atoms with E-state index >= 15 is 0 Å². The van der Waals surface area contributed by atoms with Gasteiger partial charge in [0, 0.05) is 5.56 Å². The minimum atomic E-state index is -1.22. The lowest BCUT2D eigenvalue weighted by atomic mass is 10.1. The van der Waals surface area contributed by atoms with Crippen molar-refractivity contribution in [2.45, 2.75) is 6.92 Å². The number of carbonyl (C=O) groups is 2. The Hall–Kier alpha value is -1.88. The van der Waals surface area contributed by atoms with E-state index in [1.807, 2.05) is 6.92 Å². The number of ether oxygens (including phenoxy) is 1. The van der Waals surface area contributed by atoms with E-state index in [4.69, 9.17) is 4.74 Å². The number of aliphatic carboxylic acids is 1. The Balaban J connectivity index is 2.28. The van der Waals surface area contributed by atoms with Crippen LogP contribution in [0.1, 0.15) is 22.8 Å². The van der Waals surface area contributed by atoms with Gasteiger partial charge in [-0.15, -0.1) is 0 Å². The van der Waals surface area contributed by atoms with Gasteiger partial charge in [-0.05, 0) is 93.6 Å². The molecule has 2 aromatic rings. The van der Waals surface area contributed by atoms with Gasteiger partial charge in [-0.1, -0.05) is 24.8 Å². The van der Waals surface area contributed by atoms with Crippen LogP contribution >= 0.6 is 45.2 Å². The maximum absolute atomic E-state index is 12.2. The van der Waals surface area contributed by atoms with Crippen LogP contribution in [0.4, 0.5) is 0 Å². The van der Waals surface area contributed by atoms with Crippen LogP contribution in [0.2, 0.25) is 0 Å². The van der Waals surface area contributed by atoms with Crippen molar-refractivity contribution in [3.8, 4) is 5.75 Å². The molecule has 2 rings (SSSR count). The van der Waals surface area contributed by atoms with Gasteiger partial charge < -0.3 is 15.2 Å². The fraction of sp³-hybridized carbons (Fsp3) is 0.100. The summed E-state index contributed by atoms with van der Waals surface area (Å²) in [4.78, 5) is 23.8. The highest BCUT2D eigenvalue weighted by molar-refractivity contribution is 14.1. The molecule has 0 saturated heterocycles. The number of carboxylic acid groups (broad SMARTS) is 1. The lowest BCUT2D eigenvalue weighted by Gasteiger charge is -2.12. The monoisotopic (exact) mass is 589 g/mol. The first kappa shape index (κ1) is 21.4. The maximum atomic E-state index is 12.2. The van der Waals surface area contributed by atoms with E-state index in [0.717, 1.165) is 18.5 Å². The SMILES string of the molecule is C=C(C)COc1c(I)cc(C=C(NC(=O)c2ccccc2)C(=O)O)cc1I. The van der Waals surface area contributed by atoms with E-state index in [2.05, 4.69) is 57.1 Å². The molecule has 0 spiro atoms. The number of hydrogen-bond acceptors (Lipinski definition) is 3. The molecule has 0 aliphatic heterocycles. The summed E-state index contributed by atoms with van der Waals surface area (Å²) in [6, 6.07) is 12.1. The molecule has 140 valence electrons. The van der Waals surface area contributed by atoms with Gasteiger partial charge >= 0.3 is 5.97 Å². The molecular weight excluding hydrogens is 572 g/mol. The molecule has 1 amide bonds. The van der Waals surface area contributed by atoms with E-state index in [1.165, 1.54) is 6.08 Å². The van der Waals surface area contributed by atoms with Gasteiger partial charge in [0.05, 0.1) is 7.14 Å². The first-order valence-corrected chi connectivity index (χ1v) is 10.0. The predicted molar refractivity (Wildman–Crippen MR) is 122 cm³/mol. The van der Waals surface area contributed by atoms with Gasteiger partial charge in [0.2, 0.25) is 0 Å². The number of carbonyl (C=O) groups excluding carboxylic acids is 1. The largest absolute Gasteiger partial charge is 0.487 e. The highest BCUT2D eigenvalue weighted by atomic mass is 127. The second-order valence-corrected chi connectivity index (χ2v) is 8.07. The standard InChI is InChI=1S/C20H17I2NO4/c1-12(2)11-27-18-15(21)8-13(9-16(18)22)10-17(20(25)26)23-19(24)14-6-4-3-5-7-14/h3-10H,1,11H2,2H3,(H,23,24)(H,25,26). The molecule has 0 saturated carbocycles. The van der Waals surface area contributed by atoms with Crippen LogP contribution < -0.4 is 10.1 Å². The number of nitrogens with one attached hydrogen (secondary N) is 1. The third kappa shape index (κ3) is 6.35. The van der Waals surface area contributed by atoms with Crippen molar-refractivity contribution >= 4 is 63.1 Å². The van der Waals surface area contributed by atoms with Crippen LogP contribution in [0.3, 0.4) is 0 Å². The van der Waals surface area contributed by atoms with Crippen LogP contribution in [0, 0.1) is 7.14 Å². The molecule has 2 N–H and O–H groups in total. The van der Waals surface area contributed by atoms with Crippen molar-refractivity contribution in [1.82, 2.24) is 5.32 Å². The number of amides is 1. The molecule has 0 aliphatic rings. The summed E-state index contributed by atoms with van der Waals surface area (Å²) in [6.07, 6.45) is 1.43. The quantitative estimate of drug-likeness (QED) is 0.279. The lowest BCUT2D eigenvalue weighted by molar-refractivity contribution is -0.132. The molecule has 27 heavy (non-hydrogen) atoms. The van der Waals surface area contributed by atoms with E-state index < -0.39 is 11.9 Å². The van der Waals surface area contributed by atoms with Crippen LogP contribution in [0.25, 0.3) is 6.08 Å². The molecule has 0 atom stereocenters. The van der Waals surface area contributed by atoms with Gasteiger partial charge in [0.1, 0.15) is 18.1 Å². The van der Waals surface area contributed by atoms with Crippen LogP contribution in [0.15, 0.2) is 60.3 Å². The van der Waals surface area contributed by atoms with Gasteiger partial charge in [-0.25, -0.2) is 4.79 Å². The molecule has 0 heterocycles. The molecule has 2 aromatic carbocycles. The zero-order valence-corrected chi connectivity index (χ0v) is 18.8. The zero-order valence-electron chi connectivity index (χ0n) is 14.5. The van der Waals surface area contributed by atoms with Crippen LogP contribution in [0.5, 0.6) is 5.75 Å².